The van der Waals surface area contributed by atoms with Crippen LogP contribution in [0.2, 0.25) is 0 Å². The second-order valence-corrected chi connectivity index (χ2v) is 7.45. The van der Waals surface area contributed by atoms with Crippen molar-refractivity contribution in [3.63, 3.8) is 0 Å². The number of halogens is 1. The van der Waals surface area contributed by atoms with Crippen LogP contribution >= 0.6 is 27.3 Å². The maximum atomic E-state index is 4.73. The summed E-state index contributed by atoms with van der Waals surface area (Å²) in [6.07, 6.45) is 0. The summed E-state index contributed by atoms with van der Waals surface area (Å²) in [7, 11) is 4.06. The molecule has 5 nitrogen and oxygen atoms in total. The number of nitrogens with zero attached hydrogens (tertiary/aromatic N) is 5. The zero-order valence-electron chi connectivity index (χ0n) is 13.1. The Balaban J connectivity index is 1.81. The Morgan fingerprint density at radius 2 is 1.79 bits per heavy atom. The third kappa shape index (κ3) is 2.70. The number of aromatic nitrogens is 4. The van der Waals surface area contributed by atoms with Gasteiger partial charge in [0.15, 0.2) is 5.82 Å². The van der Waals surface area contributed by atoms with Crippen LogP contribution in [0, 0.1) is 0 Å². The molecule has 0 fully saturated rings. The van der Waals surface area contributed by atoms with Crippen LogP contribution in [0.5, 0.6) is 0 Å². The monoisotopic (exact) mass is 399 g/mol. The smallest absolute Gasteiger partial charge is 0.235 e. The van der Waals surface area contributed by atoms with Gasteiger partial charge in [-0.1, -0.05) is 51.5 Å². The van der Waals surface area contributed by atoms with Crippen LogP contribution < -0.4 is 4.90 Å². The summed E-state index contributed by atoms with van der Waals surface area (Å²) in [6, 6.07) is 16.3. The van der Waals surface area contributed by atoms with Gasteiger partial charge in [0.2, 0.25) is 4.96 Å². The van der Waals surface area contributed by atoms with Gasteiger partial charge in [-0.25, -0.2) is 0 Å². The number of hydrogen-bond acceptors (Lipinski definition) is 5. The molecule has 2 aromatic heterocycles. The Hall–Kier alpha value is -2.25. The highest BCUT2D eigenvalue weighted by Crippen LogP contribution is 2.30. The van der Waals surface area contributed by atoms with E-state index in [1.54, 1.807) is 0 Å². The average molecular weight is 400 g/mol. The van der Waals surface area contributed by atoms with E-state index in [1.807, 2.05) is 48.9 Å². The van der Waals surface area contributed by atoms with Crippen molar-refractivity contribution in [1.82, 2.24) is 19.8 Å². The lowest BCUT2D eigenvalue weighted by molar-refractivity contribution is 0.970. The SMILES string of the molecule is CN(C)c1cccc(-c2nn3c(-c4cccc(Br)c4)nnc3s2)c1. The molecule has 24 heavy (non-hydrogen) atoms. The Morgan fingerprint density at radius 3 is 2.58 bits per heavy atom. The third-order valence-corrected chi connectivity index (χ3v) is 5.12. The molecule has 4 aromatic rings. The summed E-state index contributed by atoms with van der Waals surface area (Å²) >= 11 is 5.03. The van der Waals surface area contributed by atoms with Crippen molar-refractivity contribution in [3.8, 4) is 22.0 Å². The van der Waals surface area contributed by atoms with Gasteiger partial charge in [0.05, 0.1) is 0 Å². The van der Waals surface area contributed by atoms with Crippen LogP contribution in [-0.2, 0) is 0 Å². The Kier molecular flexibility index (Phi) is 3.82. The highest BCUT2D eigenvalue weighted by molar-refractivity contribution is 9.10. The van der Waals surface area contributed by atoms with E-state index < -0.39 is 0 Å². The van der Waals surface area contributed by atoms with Crippen molar-refractivity contribution in [2.45, 2.75) is 0 Å². The van der Waals surface area contributed by atoms with E-state index in [-0.39, 0.29) is 0 Å². The largest absolute Gasteiger partial charge is 0.378 e. The summed E-state index contributed by atoms with van der Waals surface area (Å²) in [5.41, 5.74) is 3.21. The van der Waals surface area contributed by atoms with E-state index in [9.17, 15) is 0 Å². The summed E-state index contributed by atoms with van der Waals surface area (Å²) in [6.45, 7) is 0. The van der Waals surface area contributed by atoms with Gasteiger partial charge in [-0.05, 0) is 24.3 Å². The molecule has 0 amide bonds. The fourth-order valence-corrected chi connectivity index (χ4v) is 3.69. The minimum absolute atomic E-state index is 0.748. The normalized spacial score (nSPS) is 11.1. The number of fused-ring (bicyclic) bond motifs is 1. The predicted molar refractivity (Wildman–Crippen MR) is 102 cm³/mol. The molecule has 0 aliphatic carbocycles. The molecular formula is C17H14BrN5S. The molecule has 0 unspecified atom stereocenters. The van der Waals surface area contributed by atoms with Crippen LogP contribution in [0.25, 0.3) is 26.9 Å². The highest BCUT2D eigenvalue weighted by atomic mass is 79.9. The number of benzene rings is 2. The molecule has 0 bridgehead atoms. The Bertz CT molecular complexity index is 1020. The second-order valence-electron chi connectivity index (χ2n) is 5.58. The van der Waals surface area contributed by atoms with E-state index in [0.717, 1.165) is 37.1 Å². The molecule has 7 heteroatoms. The van der Waals surface area contributed by atoms with Gasteiger partial charge >= 0.3 is 0 Å². The van der Waals surface area contributed by atoms with Gasteiger partial charge in [0.25, 0.3) is 0 Å². The number of hydrogen-bond donors (Lipinski definition) is 0. The Labute approximate surface area is 151 Å². The minimum atomic E-state index is 0.748. The molecule has 0 atom stereocenters. The molecule has 0 saturated heterocycles. The van der Waals surface area contributed by atoms with Crippen molar-refractivity contribution in [1.29, 1.82) is 0 Å². The van der Waals surface area contributed by atoms with Crippen LogP contribution in [0.3, 0.4) is 0 Å². The molecular weight excluding hydrogens is 386 g/mol. The van der Waals surface area contributed by atoms with Gasteiger partial charge in [0, 0.05) is 35.4 Å². The first-order chi connectivity index (χ1) is 11.6. The lowest BCUT2D eigenvalue weighted by Gasteiger charge is -2.12. The van der Waals surface area contributed by atoms with Gasteiger partial charge in [0.1, 0.15) is 5.01 Å². The van der Waals surface area contributed by atoms with Crippen LogP contribution in [-0.4, -0.2) is 33.9 Å². The molecule has 0 spiro atoms. The molecule has 0 aliphatic rings. The van der Waals surface area contributed by atoms with E-state index in [2.05, 4.69) is 49.2 Å². The zero-order chi connectivity index (χ0) is 16.7. The fourth-order valence-electron chi connectivity index (χ4n) is 2.46. The predicted octanol–water partition coefficient (Wildman–Crippen LogP) is 4.35. The van der Waals surface area contributed by atoms with Crippen LogP contribution in [0.4, 0.5) is 5.69 Å². The van der Waals surface area contributed by atoms with Crippen molar-refractivity contribution in [2.75, 3.05) is 19.0 Å². The molecule has 0 radical (unpaired) electrons. The summed E-state index contributed by atoms with van der Waals surface area (Å²) in [4.78, 5) is 2.87. The van der Waals surface area contributed by atoms with E-state index in [4.69, 9.17) is 5.10 Å². The molecule has 4 rings (SSSR count). The topological polar surface area (TPSA) is 46.3 Å². The zero-order valence-corrected chi connectivity index (χ0v) is 15.5. The third-order valence-electron chi connectivity index (χ3n) is 3.68. The maximum Gasteiger partial charge on any atom is 0.235 e. The van der Waals surface area contributed by atoms with Crippen molar-refractivity contribution < 1.29 is 0 Å². The van der Waals surface area contributed by atoms with E-state index in [0.29, 0.717) is 0 Å². The molecule has 120 valence electrons. The van der Waals surface area contributed by atoms with Crippen molar-refractivity contribution in [2.24, 2.45) is 0 Å². The lowest BCUT2D eigenvalue weighted by atomic mass is 10.2. The quantitative estimate of drug-likeness (QED) is 0.513. The average Bonchev–Trinajstić information content (AvgIpc) is 3.15. The lowest BCUT2D eigenvalue weighted by Crippen LogP contribution is -2.08. The summed E-state index contributed by atoms with van der Waals surface area (Å²) in [5.74, 6) is 0.748. The molecule has 0 aliphatic heterocycles. The first-order valence-electron chi connectivity index (χ1n) is 7.38. The molecule has 2 heterocycles. The van der Waals surface area contributed by atoms with Crippen molar-refractivity contribution >= 4 is 37.9 Å². The number of rotatable bonds is 3. The Morgan fingerprint density at radius 1 is 1.00 bits per heavy atom. The fraction of sp³-hybridized carbons (Fsp3) is 0.118. The second kappa shape index (κ2) is 5.99. The van der Waals surface area contributed by atoms with Crippen molar-refractivity contribution in [3.05, 3.63) is 53.0 Å². The maximum absolute atomic E-state index is 4.73. The first kappa shape index (κ1) is 15.3. The van der Waals surface area contributed by atoms with Gasteiger partial charge < -0.3 is 4.90 Å². The van der Waals surface area contributed by atoms with E-state index in [1.165, 1.54) is 11.3 Å². The van der Waals surface area contributed by atoms with Gasteiger partial charge in [-0.3, -0.25) is 0 Å². The van der Waals surface area contributed by atoms with Crippen LogP contribution in [0.15, 0.2) is 53.0 Å². The first-order valence-corrected chi connectivity index (χ1v) is 8.99. The summed E-state index contributed by atoms with van der Waals surface area (Å²) < 4.78 is 2.82. The molecule has 2 aromatic carbocycles. The standard InChI is InChI=1S/C17H14BrN5S/c1-22(2)14-8-4-6-12(10-14)16-21-23-15(19-20-17(23)24-16)11-5-3-7-13(18)9-11/h3-10H,1-2H3. The molecule has 0 N–H and O–H groups in total. The minimum Gasteiger partial charge on any atom is -0.378 e. The number of anilines is 1. The highest BCUT2D eigenvalue weighted by Gasteiger charge is 2.15. The summed E-state index contributed by atoms with van der Waals surface area (Å²) in [5, 5.41) is 14.2. The van der Waals surface area contributed by atoms with Crippen LogP contribution in [0.1, 0.15) is 0 Å². The molecule has 0 saturated carbocycles. The van der Waals surface area contributed by atoms with Gasteiger partial charge in [-0.2, -0.15) is 9.61 Å². The van der Waals surface area contributed by atoms with E-state index >= 15 is 0 Å². The van der Waals surface area contributed by atoms with Gasteiger partial charge in [-0.15, -0.1) is 10.2 Å².